The van der Waals surface area contributed by atoms with Crippen LogP contribution in [0.4, 0.5) is 0 Å². The molecule has 0 spiro atoms. The van der Waals surface area contributed by atoms with Crippen molar-refractivity contribution in [1.82, 2.24) is 10.2 Å². The van der Waals surface area contributed by atoms with Crippen LogP contribution in [0.15, 0.2) is 0 Å². The van der Waals surface area contributed by atoms with Crippen LogP contribution >= 0.6 is 0 Å². The van der Waals surface area contributed by atoms with Gasteiger partial charge in [-0.1, -0.05) is 33.6 Å². The average Bonchev–Trinajstić information content (AvgIpc) is 2.74. The van der Waals surface area contributed by atoms with Crippen molar-refractivity contribution in [2.45, 2.75) is 103 Å². The smallest absolute Gasteiger partial charge is 0.0152 e. The Morgan fingerprint density at radius 1 is 1.05 bits per heavy atom. The van der Waals surface area contributed by atoms with E-state index in [1.54, 1.807) is 0 Å². The molecule has 1 aliphatic carbocycles. The fourth-order valence-electron chi connectivity index (χ4n) is 5.30. The number of nitrogens with zero attached hydrogens (tertiary/aromatic N) is 1. The first kappa shape index (κ1) is 14.8. The zero-order chi connectivity index (χ0) is 14.2. The number of hydrogen-bond acceptors (Lipinski definition) is 2. The molecule has 0 radical (unpaired) electrons. The van der Waals surface area contributed by atoms with Crippen molar-refractivity contribution in [3.05, 3.63) is 0 Å². The molecule has 0 amide bonds. The summed E-state index contributed by atoms with van der Waals surface area (Å²) in [4.78, 5) is 3.00. The molecule has 2 heterocycles. The predicted molar refractivity (Wildman–Crippen MR) is 86.0 cm³/mol. The second-order valence-corrected chi connectivity index (χ2v) is 8.20. The molecule has 3 fully saturated rings. The summed E-state index contributed by atoms with van der Waals surface area (Å²) in [6.07, 6.45) is 12.8. The molecule has 0 aromatic carbocycles. The van der Waals surface area contributed by atoms with Gasteiger partial charge in [-0.15, -0.1) is 0 Å². The van der Waals surface area contributed by atoms with Crippen LogP contribution in [-0.4, -0.2) is 35.6 Å². The van der Waals surface area contributed by atoms with Gasteiger partial charge in [-0.3, -0.25) is 4.90 Å². The number of hydrogen-bond donors (Lipinski definition) is 1. The largest absolute Gasteiger partial charge is 0.314 e. The maximum atomic E-state index is 3.81. The maximum Gasteiger partial charge on any atom is 0.0152 e. The van der Waals surface area contributed by atoms with E-state index in [2.05, 4.69) is 31.0 Å². The fourth-order valence-corrected chi connectivity index (χ4v) is 5.30. The van der Waals surface area contributed by atoms with Gasteiger partial charge in [-0.05, 0) is 56.9 Å². The first-order valence-corrected chi connectivity index (χ1v) is 9.12. The molecule has 2 aliphatic heterocycles. The van der Waals surface area contributed by atoms with Gasteiger partial charge in [-0.2, -0.15) is 0 Å². The first-order chi connectivity index (χ1) is 9.62. The van der Waals surface area contributed by atoms with E-state index in [4.69, 9.17) is 0 Å². The van der Waals surface area contributed by atoms with Crippen molar-refractivity contribution in [2.24, 2.45) is 5.41 Å². The molecule has 1 N–H and O–H groups in total. The Morgan fingerprint density at radius 2 is 1.75 bits per heavy atom. The molecular formula is C18H34N2. The quantitative estimate of drug-likeness (QED) is 0.837. The Balaban J connectivity index is 1.70. The highest BCUT2D eigenvalue weighted by atomic mass is 15.3. The van der Waals surface area contributed by atoms with Crippen LogP contribution in [0.1, 0.15) is 78.6 Å². The van der Waals surface area contributed by atoms with Gasteiger partial charge >= 0.3 is 0 Å². The van der Waals surface area contributed by atoms with E-state index < -0.39 is 0 Å². The normalized spacial score (nSPS) is 41.0. The van der Waals surface area contributed by atoms with E-state index in [9.17, 15) is 0 Å². The lowest BCUT2D eigenvalue weighted by Gasteiger charge is -2.54. The number of piperidine rings is 2. The van der Waals surface area contributed by atoms with Crippen LogP contribution in [0.5, 0.6) is 0 Å². The SMILES string of the molecule is CCCNC1CC2CCCC(C1)N2C1CCCC1(C)C. The summed E-state index contributed by atoms with van der Waals surface area (Å²) in [6.45, 7) is 8.52. The molecule has 116 valence electrons. The molecule has 20 heavy (non-hydrogen) atoms. The molecule has 3 rings (SSSR count). The van der Waals surface area contributed by atoms with E-state index in [1.807, 2.05) is 0 Å². The minimum atomic E-state index is 0.553. The lowest BCUT2D eigenvalue weighted by molar-refractivity contribution is -0.0394. The van der Waals surface area contributed by atoms with E-state index in [0.717, 1.165) is 24.2 Å². The second-order valence-electron chi connectivity index (χ2n) is 8.20. The zero-order valence-corrected chi connectivity index (χ0v) is 13.8. The van der Waals surface area contributed by atoms with Crippen LogP contribution < -0.4 is 5.32 Å². The van der Waals surface area contributed by atoms with Gasteiger partial charge in [0.15, 0.2) is 0 Å². The Morgan fingerprint density at radius 3 is 2.30 bits per heavy atom. The lowest BCUT2D eigenvalue weighted by atomic mass is 9.76. The number of fused-ring (bicyclic) bond motifs is 2. The summed E-state index contributed by atoms with van der Waals surface area (Å²) in [5.74, 6) is 0. The number of rotatable bonds is 4. The summed E-state index contributed by atoms with van der Waals surface area (Å²) in [6, 6.07) is 3.41. The molecule has 0 aromatic heterocycles. The van der Waals surface area contributed by atoms with Gasteiger partial charge in [-0.25, -0.2) is 0 Å². The van der Waals surface area contributed by atoms with Crippen molar-refractivity contribution >= 4 is 0 Å². The summed E-state index contributed by atoms with van der Waals surface area (Å²) in [5, 5.41) is 3.81. The maximum absolute atomic E-state index is 3.81. The Hall–Kier alpha value is -0.0800. The fraction of sp³-hybridized carbons (Fsp3) is 1.00. The molecule has 1 saturated carbocycles. The topological polar surface area (TPSA) is 15.3 Å². The van der Waals surface area contributed by atoms with Gasteiger partial charge in [0.1, 0.15) is 0 Å². The van der Waals surface area contributed by atoms with Crippen molar-refractivity contribution in [2.75, 3.05) is 6.54 Å². The van der Waals surface area contributed by atoms with Crippen molar-refractivity contribution in [3.63, 3.8) is 0 Å². The second kappa shape index (κ2) is 5.96. The van der Waals surface area contributed by atoms with Gasteiger partial charge in [0, 0.05) is 24.2 Å². The molecule has 2 heteroatoms. The van der Waals surface area contributed by atoms with Gasteiger partial charge in [0.2, 0.25) is 0 Å². The van der Waals surface area contributed by atoms with E-state index in [1.165, 1.54) is 64.3 Å². The molecule has 0 aromatic rings. The van der Waals surface area contributed by atoms with Gasteiger partial charge in [0.25, 0.3) is 0 Å². The molecule has 2 saturated heterocycles. The summed E-state index contributed by atoms with van der Waals surface area (Å²) >= 11 is 0. The monoisotopic (exact) mass is 278 g/mol. The Bertz CT molecular complexity index is 311. The minimum absolute atomic E-state index is 0.553. The Kier molecular flexibility index (Phi) is 4.42. The molecule has 2 bridgehead atoms. The van der Waals surface area contributed by atoms with Crippen LogP contribution in [0.2, 0.25) is 0 Å². The summed E-state index contributed by atoms with van der Waals surface area (Å²) < 4.78 is 0. The molecule has 2 nitrogen and oxygen atoms in total. The van der Waals surface area contributed by atoms with E-state index in [0.29, 0.717) is 5.41 Å². The highest BCUT2D eigenvalue weighted by molar-refractivity contribution is 5.02. The third-order valence-corrected chi connectivity index (χ3v) is 6.27. The summed E-state index contributed by atoms with van der Waals surface area (Å²) in [5.41, 5.74) is 0.553. The van der Waals surface area contributed by atoms with Crippen LogP contribution in [0.3, 0.4) is 0 Å². The predicted octanol–water partition coefficient (Wildman–Crippen LogP) is 3.95. The van der Waals surface area contributed by atoms with Crippen LogP contribution in [0, 0.1) is 5.41 Å². The molecular weight excluding hydrogens is 244 g/mol. The molecule has 3 atom stereocenters. The minimum Gasteiger partial charge on any atom is -0.314 e. The lowest BCUT2D eigenvalue weighted by Crippen LogP contribution is -2.61. The van der Waals surface area contributed by atoms with Crippen molar-refractivity contribution in [1.29, 1.82) is 0 Å². The van der Waals surface area contributed by atoms with Crippen molar-refractivity contribution in [3.8, 4) is 0 Å². The number of nitrogens with one attached hydrogen (secondary N) is 1. The third-order valence-electron chi connectivity index (χ3n) is 6.27. The van der Waals surface area contributed by atoms with Crippen molar-refractivity contribution < 1.29 is 0 Å². The highest BCUT2D eigenvalue weighted by Crippen LogP contribution is 2.46. The van der Waals surface area contributed by atoms with Gasteiger partial charge in [0.05, 0.1) is 0 Å². The molecule has 3 aliphatic rings. The standard InChI is InChI=1S/C18H34N2/c1-4-11-19-14-12-15-7-5-8-16(13-14)20(15)17-9-6-10-18(17,2)3/h14-17,19H,4-13H2,1-3H3. The summed E-state index contributed by atoms with van der Waals surface area (Å²) in [7, 11) is 0. The van der Waals surface area contributed by atoms with Gasteiger partial charge < -0.3 is 5.32 Å². The highest BCUT2D eigenvalue weighted by Gasteiger charge is 2.47. The van der Waals surface area contributed by atoms with E-state index >= 15 is 0 Å². The average molecular weight is 278 g/mol. The molecule has 3 unspecified atom stereocenters. The van der Waals surface area contributed by atoms with E-state index in [-0.39, 0.29) is 0 Å². The zero-order valence-electron chi connectivity index (χ0n) is 13.8. The van der Waals surface area contributed by atoms with Crippen LogP contribution in [-0.2, 0) is 0 Å². The van der Waals surface area contributed by atoms with Crippen LogP contribution in [0.25, 0.3) is 0 Å². The Labute approximate surface area is 125 Å². The first-order valence-electron chi connectivity index (χ1n) is 9.12. The third kappa shape index (κ3) is 2.78.